The molecule has 0 radical (unpaired) electrons. The van der Waals surface area contributed by atoms with Gasteiger partial charge in [-0.15, -0.1) is 0 Å². The van der Waals surface area contributed by atoms with Crippen LogP contribution in [-0.4, -0.2) is 26.0 Å². The van der Waals surface area contributed by atoms with Crippen LogP contribution >= 0.6 is 15.9 Å². The number of nitrogens with one attached hydrogen (secondary N) is 2. The lowest BCUT2D eigenvalue weighted by molar-refractivity contribution is 0.101. The Hall–Kier alpha value is -3.32. The van der Waals surface area contributed by atoms with Crippen LogP contribution in [0.2, 0.25) is 0 Å². The standard InChI is InChI=1S/C22H19BrN2O4/c1-28-17-9-7-16(8-10-17)24-21(26)14-3-5-15(6-4-14)25-22(27)19-13-18(29-2)11-12-20(19)23/h3-13H,1-2H3,(H,24,26)(H,25,27). The molecule has 0 bridgehead atoms. The van der Waals surface area contributed by atoms with Gasteiger partial charge in [0.15, 0.2) is 0 Å². The van der Waals surface area contributed by atoms with Gasteiger partial charge in [-0.1, -0.05) is 0 Å². The number of hydrogen-bond acceptors (Lipinski definition) is 4. The number of anilines is 2. The molecule has 148 valence electrons. The molecule has 3 rings (SSSR count). The second kappa shape index (κ2) is 9.25. The van der Waals surface area contributed by atoms with Crippen LogP contribution in [0.1, 0.15) is 20.7 Å². The van der Waals surface area contributed by atoms with Gasteiger partial charge in [-0.05, 0) is 82.7 Å². The molecular weight excluding hydrogens is 436 g/mol. The largest absolute Gasteiger partial charge is 0.497 e. The number of benzene rings is 3. The highest BCUT2D eigenvalue weighted by Gasteiger charge is 2.12. The molecule has 0 heterocycles. The fourth-order valence-electron chi connectivity index (χ4n) is 2.59. The third-order valence-corrected chi connectivity index (χ3v) is 4.86. The molecule has 0 saturated heterocycles. The summed E-state index contributed by atoms with van der Waals surface area (Å²) in [5.41, 5.74) is 2.16. The minimum absolute atomic E-state index is 0.247. The molecule has 0 atom stereocenters. The fourth-order valence-corrected chi connectivity index (χ4v) is 3.01. The van der Waals surface area contributed by atoms with E-state index in [0.29, 0.717) is 38.5 Å². The van der Waals surface area contributed by atoms with Crippen LogP contribution in [0.3, 0.4) is 0 Å². The van der Waals surface area contributed by atoms with Crippen molar-refractivity contribution >= 4 is 39.1 Å². The average Bonchev–Trinajstić information content (AvgIpc) is 2.75. The Morgan fingerprint density at radius 1 is 0.724 bits per heavy atom. The molecule has 0 fully saturated rings. The summed E-state index contributed by atoms with van der Waals surface area (Å²) in [6.45, 7) is 0. The van der Waals surface area contributed by atoms with Crippen molar-refractivity contribution in [3.63, 3.8) is 0 Å². The first kappa shape index (κ1) is 20.4. The third-order valence-electron chi connectivity index (χ3n) is 4.17. The number of hydrogen-bond donors (Lipinski definition) is 2. The normalized spacial score (nSPS) is 10.2. The highest BCUT2D eigenvalue weighted by Crippen LogP contribution is 2.24. The molecule has 2 amide bonds. The smallest absolute Gasteiger partial charge is 0.256 e. The zero-order valence-corrected chi connectivity index (χ0v) is 17.4. The predicted molar refractivity (Wildman–Crippen MR) is 116 cm³/mol. The molecule has 6 nitrogen and oxygen atoms in total. The predicted octanol–water partition coefficient (Wildman–Crippen LogP) is 4.97. The molecule has 0 aliphatic heterocycles. The van der Waals surface area contributed by atoms with Crippen molar-refractivity contribution in [2.45, 2.75) is 0 Å². The maximum atomic E-state index is 12.5. The van der Waals surface area contributed by atoms with E-state index in [1.165, 1.54) is 0 Å². The number of ether oxygens (including phenoxy) is 2. The van der Waals surface area contributed by atoms with Crippen molar-refractivity contribution in [2.24, 2.45) is 0 Å². The van der Waals surface area contributed by atoms with Crippen molar-refractivity contribution in [1.82, 2.24) is 0 Å². The highest BCUT2D eigenvalue weighted by atomic mass is 79.9. The van der Waals surface area contributed by atoms with Crippen LogP contribution in [0.25, 0.3) is 0 Å². The second-order valence-electron chi connectivity index (χ2n) is 6.06. The first-order chi connectivity index (χ1) is 14.0. The number of rotatable bonds is 6. The zero-order valence-electron chi connectivity index (χ0n) is 15.9. The van der Waals surface area contributed by atoms with Gasteiger partial charge in [0.25, 0.3) is 11.8 Å². The Morgan fingerprint density at radius 2 is 1.24 bits per heavy atom. The molecule has 3 aromatic rings. The van der Waals surface area contributed by atoms with E-state index in [4.69, 9.17) is 9.47 Å². The average molecular weight is 455 g/mol. The first-order valence-electron chi connectivity index (χ1n) is 8.70. The van der Waals surface area contributed by atoms with Crippen molar-refractivity contribution < 1.29 is 19.1 Å². The van der Waals surface area contributed by atoms with Crippen LogP contribution < -0.4 is 20.1 Å². The van der Waals surface area contributed by atoms with Crippen molar-refractivity contribution in [2.75, 3.05) is 24.9 Å². The summed E-state index contributed by atoms with van der Waals surface area (Å²) in [6, 6.07) is 18.9. The Kier molecular flexibility index (Phi) is 6.51. The first-order valence-corrected chi connectivity index (χ1v) is 9.50. The summed E-state index contributed by atoms with van der Waals surface area (Å²) in [5.74, 6) is 0.768. The number of carbonyl (C=O) groups excluding carboxylic acids is 2. The Morgan fingerprint density at radius 3 is 1.83 bits per heavy atom. The molecule has 0 aliphatic rings. The van der Waals surface area contributed by atoms with Gasteiger partial charge in [0.2, 0.25) is 0 Å². The maximum absolute atomic E-state index is 12.5. The molecule has 3 aromatic carbocycles. The van der Waals surface area contributed by atoms with Gasteiger partial charge < -0.3 is 20.1 Å². The van der Waals surface area contributed by atoms with E-state index < -0.39 is 0 Å². The summed E-state index contributed by atoms with van der Waals surface area (Å²) in [7, 11) is 3.13. The van der Waals surface area contributed by atoms with Crippen LogP contribution in [0.5, 0.6) is 11.5 Å². The summed E-state index contributed by atoms with van der Waals surface area (Å²) in [6.07, 6.45) is 0. The Bertz CT molecular complexity index is 1020. The van der Waals surface area contributed by atoms with Gasteiger partial charge in [-0.25, -0.2) is 0 Å². The molecule has 0 spiro atoms. The molecule has 2 N–H and O–H groups in total. The van der Waals surface area contributed by atoms with Gasteiger partial charge in [0, 0.05) is 21.4 Å². The summed E-state index contributed by atoms with van der Waals surface area (Å²) in [5, 5.41) is 5.62. The van der Waals surface area contributed by atoms with E-state index in [-0.39, 0.29) is 11.8 Å². The van der Waals surface area contributed by atoms with Crippen LogP contribution in [0.4, 0.5) is 11.4 Å². The SMILES string of the molecule is COc1ccc(NC(=O)c2ccc(NC(=O)c3cc(OC)ccc3Br)cc2)cc1. The van der Waals surface area contributed by atoms with Crippen molar-refractivity contribution in [1.29, 1.82) is 0 Å². The van der Waals surface area contributed by atoms with E-state index in [0.717, 1.165) is 0 Å². The summed E-state index contributed by atoms with van der Waals surface area (Å²) >= 11 is 3.37. The van der Waals surface area contributed by atoms with E-state index in [1.807, 2.05) is 0 Å². The maximum Gasteiger partial charge on any atom is 0.256 e. The molecule has 0 unspecified atom stereocenters. The third kappa shape index (κ3) is 5.14. The van der Waals surface area contributed by atoms with Gasteiger partial charge in [0.1, 0.15) is 11.5 Å². The second-order valence-corrected chi connectivity index (χ2v) is 6.91. The topological polar surface area (TPSA) is 76.7 Å². The lowest BCUT2D eigenvalue weighted by Gasteiger charge is -2.10. The molecule has 7 heteroatoms. The van der Waals surface area contributed by atoms with E-state index in [9.17, 15) is 9.59 Å². The monoisotopic (exact) mass is 454 g/mol. The molecule has 0 aromatic heterocycles. The van der Waals surface area contributed by atoms with Crippen LogP contribution in [-0.2, 0) is 0 Å². The fraction of sp³-hybridized carbons (Fsp3) is 0.0909. The molecule has 0 saturated carbocycles. The van der Waals surface area contributed by atoms with Gasteiger partial charge in [-0.2, -0.15) is 0 Å². The lowest BCUT2D eigenvalue weighted by atomic mass is 10.1. The van der Waals surface area contributed by atoms with Gasteiger partial charge >= 0.3 is 0 Å². The number of methoxy groups -OCH3 is 2. The van der Waals surface area contributed by atoms with E-state index >= 15 is 0 Å². The number of carbonyl (C=O) groups is 2. The van der Waals surface area contributed by atoms with Crippen molar-refractivity contribution in [3.05, 3.63) is 82.3 Å². The van der Waals surface area contributed by atoms with Crippen LogP contribution in [0, 0.1) is 0 Å². The number of halogens is 1. The van der Waals surface area contributed by atoms with Gasteiger partial charge in [0.05, 0.1) is 19.8 Å². The van der Waals surface area contributed by atoms with E-state index in [2.05, 4.69) is 26.6 Å². The van der Waals surface area contributed by atoms with Crippen LogP contribution in [0.15, 0.2) is 71.2 Å². The van der Waals surface area contributed by atoms with E-state index in [1.54, 1.807) is 80.9 Å². The quantitative estimate of drug-likeness (QED) is 0.550. The molecule has 0 aliphatic carbocycles. The molecular formula is C22H19BrN2O4. The minimum atomic E-state index is -0.286. The van der Waals surface area contributed by atoms with Gasteiger partial charge in [-0.3, -0.25) is 9.59 Å². The highest BCUT2D eigenvalue weighted by molar-refractivity contribution is 9.10. The lowest BCUT2D eigenvalue weighted by Crippen LogP contribution is -2.14. The zero-order chi connectivity index (χ0) is 20.8. The molecule has 29 heavy (non-hydrogen) atoms. The number of amides is 2. The minimum Gasteiger partial charge on any atom is -0.497 e. The summed E-state index contributed by atoms with van der Waals surface area (Å²) in [4.78, 5) is 24.9. The Labute approximate surface area is 177 Å². The van der Waals surface area contributed by atoms with Crippen molar-refractivity contribution in [3.8, 4) is 11.5 Å². The Balaban J connectivity index is 1.66. The summed E-state index contributed by atoms with van der Waals surface area (Å²) < 4.78 is 10.9.